The molecule has 19 heavy (non-hydrogen) atoms. The Kier molecular flexibility index (Phi) is 3.74. The molecule has 2 aliphatic carbocycles. The summed E-state index contributed by atoms with van der Waals surface area (Å²) >= 11 is 0. The average Bonchev–Trinajstić information content (AvgIpc) is 3.20. The molecular weight excluding hydrogens is 244 g/mol. The van der Waals surface area contributed by atoms with Gasteiger partial charge in [-0.1, -0.05) is 0 Å². The summed E-state index contributed by atoms with van der Waals surface area (Å²) in [5, 5.41) is 9.22. The molecule has 2 rings (SSSR count). The summed E-state index contributed by atoms with van der Waals surface area (Å²) in [5.74, 6) is 0.286. The number of carboxylic acid groups (broad SMARTS) is 1. The second kappa shape index (κ2) is 5.02. The molecule has 0 atom stereocenters. The molecule has 0 aromatic heterocycles. The molecule has 0 spiro atoms. The van der Waals surface area contributed by atoms with Gasteiger partial charge in [0.15, 0.2) is 0 Å². The highest BCUT2D eigenvalue weighted by molar-refractivity contribution is 5.85. The summed E-state index contributed by atoms with van der Waals surface area (Å²) < 4.78 is 0. The van der Waals surface area contributed by atoms with Crippen molar-refractivity contribution in [2.24, 2.45) is 11.8 Å². The van der Waals surface area contributed by atoms with E-state index in [0.717, 1.165) is 13.1 Å². The highest BCUT2D eigenvalue weighted by Crippen LogP contribution is 2.34. The fraction of sp³-hybridized carbons (Fsp3) is 0.857. The number of aliphatic carboxylic acids is 1. The number of nitrogens with zero attached hydrogens (tertiary/aromatic N) is 2. The first kappa shape index (κ1) is 14.2. The number of amides is 2. The van der Waals surface area contributed by atoms with Crippen molar-refractivity contribution in [3.63, 3.8) is 0 Å². The van der Waals surface area contributed by atoms with E-state index in [1.54, 1.807) is 20.9 Å². The normalized spacial score (nSPS) is 19.1. The maximum Gasteiger partial charge on any atom is 0.329 e. The van der Waals surface area contributed by atoms with Crippen molar-refractivity contribution in [3.8, 4) is 0 Å². The van der Waals surface area contributed by atoms with E-state index in [9.17, 15) is 14.7 Å². The minimum Gasteiger partial charge on any atom is -0.480 e. The molecule has 0 radical (unpaired) electrons. The molecule has 2 aliphatic rings. The zero-order valence-electron chi connectivity index (χ0n) is 12.1. The maximum atomic E-state index is 12.5. The van der Waals surface area contributed by atoms with E-state index >= 15 is 0 Å². The van der Waals surface area contributed by atoms with Crippen molar-refractivity contribution in [1.29, 1.82) is 0 Å². The smallest absolute Gasteiger partial charge is 0.329 e. The van der Waals surface area contributed by atoms with E-state index in [2.05, 4.69) is 0 Å². The van der Waals surface area contributed by atoms with E-state index in [1.807, 2.05) is 4.90 Å². The Morgan fingerprint density at radius 1 is 1.11 bits per heavy atom. The van der Waals surface area contributed by atoms with Crippen LogP contribution in [0.15, 0.2) is 0 Å². The van der Waals surface area contributed by atoms with Gasteiger partial charge < -0.3 is 14.9 Å². The van der Waals surface area contributed by atoms with Gasteiger partial charge in [0, 0.05) is 20.1 Å². The number of likely N-dealkylation sites (N-methyl/N-ethyl adjacent to an activating group) is 1. The third kappa shape index (κ3) is 3.39. The van der Waals surface area contributed by atoms with Gasteiger partial charge in [0.05, 0.1) is 0 Å². The van der Waals surface area contributed by atoms with E-state index in [-0.39, 0.29) is 6.03 Å². The standard InChI is InChI=1S/C14H24N2O3/c1-14(2,12(17)18)15(3)13(19)16(8-10-4-5-10)9-11-6-7-11/h10-11H,4-9H2,1-3H3,(H,17,18). The summed E-state index contributed by atoms with van der Waals surface area (Å²) in [6.45, 7) is 4.71. The second-order valence-corrected chi connectivity index (χ2v) is 6.50. The topological polar surface area (TPSA) is 60.9 Å². The van der Waals surface area contributed by atoms with Crippen LogP contribution in [0.3, 0.4) is 0 Å². The Labute approximate surface area is 114 Å². The molecule has 2 saturated carbocycles. The summed E-state index contributed by atoms with van der Waals surface area (Å²) in [5.41, 5.74) is -1.16. The van der Waals surface area contributed by atoms with Gasteiger partial charge in [-0.15, -0.1) is 0 Å². The molecule has 0 heterocycles. The zero-order valence-corrected chi connectivity index (χ0v) is 12.1. The molecule has 0 bridgehead atoms. The van der Waals surface area contributed by atoms with Crippen LogP contribution < -0.4 is 0 Å². The average molecular weight is 268 g/mol. The van der Waals surface area contributed by atoms with Crippen molar-refractivity contribution >= 4 is 12.0 Å². The molecule has 0 saturated heterocycles. The Bertz CT molecular complexity index is 359. The van der Waals surface area contributed by atoms with Crippen LogP contribution in [0, 0.1) is 11.8 Å². The predicted molar refractivity (Wildman–Crippen MR) is 71.9 cm³/mol. The van der Waals surface area contributed by atoms with Crippen molar-refractivity contribution in [2.75, 3.05) is 20.1 Å². The first-order chi connectivity index (χ1) is 8.82. The van der Waals surface area contributed by atoms with Crippen LogP contribution in [0.2, 0.25) is 0 Å². The molecule has 2 amide bonds. The second-order valence-electron chi connectivity index (χ2n) is 6.50. The molecule has 0 unspecified atom stereocenters. The van der Waals surface area contributed by atoms with Crippen LogP contribution in [-0.2, 0) is 4.79 Å². The highest BCUT2D eigenvalue weighted by atomic mass is 16.4. The van der Waals surface area contributed by atoms with Gasteiger partial charge in [0.25, 0.3) is 0 Å². The number of carbonyl (C=O) groups excluding carboxylic acids is 1. The quantitative estimate of drug-likeness (QED) is 0.801. The van der Waals surface area contributed by atoms with Crippen molar-refractivity contribution in [2.45, 2.75) is 45.1 Å². The van der Waals surface area contributed by atoms with Crippen LogP contribution >= 0.6 is 0 Å². The van der Waals surface area contributed by atoms with Gasteiger partial charge in [0.2, 0.25) is 0 Å². The molecule has 0 aromatic rings. The number of hydrogen-bond acceptors (Lipinski definition) is 2. The summed E-state index contributed by atoms with van der Waals surface area (Å²) in [6.07, 6.45) is 4.78. The lowest BCUT2D eigenvalue weighted by Crippen LogP contribution is -2.55. The number of carboxylic acids is 1. The number of carbonyl (C=O) groups is 2. The minimum absolute atomic E-state index is 0.147. The lowest BCUT2D eigenvalue weighted by Gasteiger charge is -2.36. The van der Waals surface area contributed by atoms with Crippen LogP contribution in [0.4, 0.5) is 4.79 Å². The molecule has 108 valence electrons. The van der Waals surface area contributed by atoms with Crippen LogP contribution in [0.1, 0.15) is 39.5 Å². The number of hydrogen-bond donors (Lipinski definition) is 1. The number of rotatable bonds is 6. The SMILES string of the molecule is CN(C(=O)N(CC1CC1)CC1CC1)C(C)(C)C(=O)O. The highest BCUT2D eigenvalue weighted by Gasteiger charge is 2.39. The fourth-order valence-corrected chi connectivity index (χ4v) is 2.05. The molecule has 2 fully saturated rings. The minimum atomic E-state index is -1.16. The predicted octanol–water partition coefficient (Wildman–Crippen LogP) is 2.02. The van der Waals surface area contributed by atoms with E-state index in [0.29, 0.717) is 11.8 Å². The summed E-state index contributed by atoms with van der Waals surface area (Å²) in [7, 11) is 1.59. The maximum absolute atomic E-state index is 12.5. The van der Waals surface area contributed by atoms with Gasteiger partial charge in [-0.05, 0) is 51.4 Å². The monoisotopic (exact) mass is 268 g/mol. The van der Waals surface area contributed by atoms with Gasteiger partial charge in [0.1, 0.15) is 5.54 Å². The van der Waals surface area contributed by atoms with Crippen molar-refractivity contribution < 1.29 is 14.7 Å². The summed E-state index contributed by atoms with van der Waals surface area (Å²) in [6, 6.07) is -0.147. The van der Waals surface area contributed by atoms with Crippen LogP contribution in [0.5, 0.6) is 0 Å². The van der Waals surface area contributed by atoms with E-state index in [4.69, 9.17) is 0 Å². The largest absolute Gasteiger partial charge is 0.480 e. The Morgan fingerprint density at radius 2 is 1.53 bits per heavy atom. The molecule has 5 heteroatoms. The van der Waals surface area contributed by atoms with E-state index < -0.39 is 11.5 Å². The third-order valence-electron chi connectivity index (χ3n) is 4.27. The lowest BCUT2D eigenvalue weighted by molar-refractivity contribution is -0.147. The van der Waals surface area contributed by atoms with Gasteiger partial charge in [-0.2, -0.15) is 0 Å². The Morgan fingerprint density at radius 3 is 1.84 bits per heavy atom. The molecular formula is C14H24N2O3. The molecule has 1 N–H and O–H groups in total. The van der Waals surface area contributed by atoms with Gasteiger partial charge in [-0.3, -0.25) is 0 Å². The first-order valence-electron chi connectivity index (χ1n) is 7.08. The third-order valence-corrected chi connectivity index (χ3v) is 4.27. The zero-order chi connectivity index (χ0) is 14.2. The van der Waals surface area contributed by atoms with E-state index in [1.165, 1.54) is 30.6 Å². The Balaban J connectivity index is 2.01. The number of urea groups is 1. The Hall–Kier alpha value is -1.26. The molecule has 5 nitrogen and oxygen atoms in total. The summed E-state index contributed by atoms with van der Waals surface area (Å²) in [4.78, 5) is 27.0. The lowest BCUT2D eigenvalue weighted by atomic mass is 10.0. The van der Waals surface area contributed by atoms with Crippen LogP contribution in [0.25, 0.3) is 0 Å². The first-order valence-corrected chi connectivity index (χ1v) is 7.08. The molecule has 0 aromatic carbocycles. The van der Waals surface area contributed by atoms with Gasteiger partial charge in [-0.25, -0.2) is 9.59 Å². The molecule has 0 aliphatic heterocycles. The van der Waals surface area contributed by atoms with Crippen molar-refractivity contribution in [1.82, 2.24) is 9.80 Å². The van der Waals surface area contributed by atoms with Crippen molar-refractivity contribution in [3.05, 3.63) is 0 Å². The van der Waals surface area contributed by atoms with Gasteiger partial charge >= 0.3 is 12.0 Å². The fourth-order valence-electron chi connectivity index (χ4n) is 2.05. The van der Waals surface area contributed by atoms with Crippen LogP contribution in [-0.4, -0.2) is 52.6 Å².